The number of carbonyl (C=O) groups excluding carboxylic acids is 1. The number of rotatable bonds is 7. The maximum Gasteiger partial charge on any atom is 0.193 e. The summed E-state index contributed by atoms with van der Waals surface area (Å²) in [5, 5.41) is 0. The first-order valence-corrected chi connectivity index (χ1v) is 11.7. The van der Waals surface area contributed by atoms with Crippen molar-refractivity contribution in [1.82, 2.24) is 0 Å². The topological polar surface area (TPSA) is 26.3 Å². The van der Waals surface area contributed by atoms with Gasteiger partial charge in [-0.05, 0) is 53.6 Å². The maximum atomic E-state index is 13.4. The Labute approximate surface area is 195 Å². The molecule has 0 atom stereocenters. The predicted molar refractivity (Wildman–Crippen MR) is 133 cm³/mol. The minimum absolute atomic E-state index is 0.131. The molecule has 0 saturated heterocycles. The minimum atomic E-state index is -0.331. The summed E-state index contributed by atoms with van der Waals surface area (Å²) in [7, 11) is 1.70. The molecule has 0 aromatic heterocycles. The molecule has 0 N–H and O–H groups in total. The van der Waals surface area contributed by atoms with Crippen molar-refractivity contribution in [2.75, 3.05) is 7.11 Å². The van der Waals surface area contributed by atoms with E-state index in [-0.39, 0.29) is 11.2 Å². The van der Waals surface area contributed by atoms with Crippen molar-refractivity contribution in [3.8, 4) is 5.75 Å². The van der Waals surface area contributed by atoms with Crippen LogP contribution in [-0.2, 0) is 11.8 Å². The zero-order valence-electron chi connectivity index (χ0n) is 19.0. The van der Waals surface area contributed by atoms with Crippen molar-refractivity contribution in [3.63, 3.8) is 0 Å². The molecule has 164 valence electrons. The SMILES string of the molecule is COc1ccc(CCCCC2(c3ccccc3)c3ccccc3C(=O)c3ccccc32)cc1. The highest BCUT2D eigenvalue weighted by molar-refractivity contribution is 6.13. The summed E-state index contributed by atoms with van der Waals surface area (Å²) in [6.45, 7) is 0. The van der Waals surface area contributed by atoms with Gasteiger partial charge in [0.1, 0.15) is 5.75 Å². The standard InChI is InChI=1S/C31H28O2/c1-33-25-20-18-23(19-21-25)11-9-10-22-31(24-12-3-2-4-13-24)28-16-7-5-14-26(28)30(32)27-15-6-8-17-29(27)31/h2-8,12-21H,9-11,22H2,1H3. The molecule has 0 saturated carbocycles. The fourth-order valence-electron chi connectivity index (χ4n) is 5.36. The van der Waals surface area contributed by atoms with Crippen LogP contribution in [0.2, 0.25) is 0 Å². The molecular weight excluding hydrogens is 404 g/mol. The van der Waals surface area contributed by atoms with Crippen LogP contribution in [0.1, 0.15) is 57.4 Å². The van der Waals surface area contributed by atoms with E-state index in [1.807, 2.05) is 36.4 Å². The van der Waals surface area contributed by atoms with Crippen molar-refractivity contribution in [3.05, 3.63) is 137 Å². The van der Waals surface area contributed by atoms with E-state index in [0.717, 1.165) is 53.7 Å². The van der Waals surface area contributed by atoms with Gasteiger partial charge in [-0.15, -0.1) is 0 Å². The lowest BCUT2D eigenvalue weighted by Crippen LogP contribution is -2.37. The first-order valence-electron chi connectivity index (χ1n) is 11.7. The number of methoxy groups -OCH3 is 1. The van der Waals surface area contributed by atoms with Crippen molar-refractivity contribution in [2.45, 2.75) is 31.1 Å². The smallest absolute Gasteiger partial charge is 0.193 e. The van der Waals surface area contributed by atoms with E-state index in [1.165, 1.54) is 11.1 Å². The largest absolute Gasteiger partial charge is 0.497 e. The van der Waals surface area contributed by atoms with Gasteiger partial charge in [0.15, 0.2) is 5.78 Å². The fourth-order valence-corrected chi connectivity index (χ4v) is 5.36. The Morgan fingerprint density at radius 3 is 1.85 bits per heavy atom. The molecule has 0 aliphatic heterocycles. The Kier molecular flexibility index (Phi) is 5.83. The average Bonchev–Trinajstić information content (AvgIpc) is 2.89. The zero-order valence-corrected chi connectivity index (χ0v) is 19.0. The molecule has 2 nitrogen and oxygen atoms in total. The third-order valence-electron chi connectivity index (χ3n) is 6.96. The number of carbonyl (C=O) groups is 1. The highest BCUT2D eigenvalue weighted by atomic mass is 16.5. The van der Waals surface area contributed by atoms with Gasteiger partial charge in [0.05, 0.1) is 7.11 Å². The number of ether oxygens (including phenoxy) is 1. The predicted octanol–water partition coefficient (Wildman–Crippen LogP) is 6.99. The Morgan fingerprint density at radius 2 is 1.24 bits per heavy atom. The van der Waals surface area contributed by atoms with Crippen molar-refractivity contribution < 1.29 is 9.53 Å². The lowest BCUT2D eigenvalue weighted by molar-refractivity contribution is 0.103. The first-order chi connectivity index (χ1) is 16.2. The molecule has 0 radical (unpaired) electrons. The van der Waals surface area contributed by atoms with Crippen LogP contribution in [-0.4, -0.2) is 12.9 Å². The number of benzene rings is 4. The molecular formula is C31H28O2. The molecule has 0 spiro atoms. The summed E-state index contributed by atoms with van der Waals surface area (Å²) in [5.41, 5.74) is 6.16. The summed E-state index contributed by atoms with van der Waals surface area (Å²) in [6, 6.07) is 35.4. The van der Waals surface area contributed by atoms with E-state index < -0.39 is 0 Å². The van der Waals surface area contributed by atoms with Gasteiger partial charge in [-0.25, -0.2) is 0 Å². The van der Waals surface area contributed by atoms with Crippen LogP contribution < -0.4 is 4.74 Å². The zero-order chi connectivity index (χ0) is 22.7. The van der Waals surface area contributed by atoms with Crippen LogP contribution in [0.25, 0.3) is 0 Å². The van der Waals surface area contributed by atoms with Crippen molar-refractivity contribution in [2.24, 2.45) is 0 Å². The summed E-state index contributed by atoms with van der Waals surface area (Å²) in [4.78, 5) is 13.4. The molecule has 0 unspecified atom stereocenters. The van der Waals surface area contributed by atoms with Gasteiger partial charge in [-0.1, -0.05) is 97.4 Å². The number of hydrogen-bond donors (Lipinski definition) is 0. The number of hydrogen-bond acceptors (Lipinski definition) is 2. The van der Waals surface area contributed by atoms with Crippen LogP contribution in [0.4, 0.5) is 0 Å². The molecule has 0 heterocycles. The van der Waals surface area contributed by atoms with E-state index in [4.69, 9.17) is 4.74 Å². The van der Waals surface area contributed by atoms with Crippen LogP contribution in [0, 0.1) is 0 Å². The lowest BCUT2D eigenvalue weighted by atomic mass is 9.60. The number of fused-ring (bicyclic) bond motifs is 2. The van der Waals surface area contributed by atoms with Gasteiger partial charge in [0.2, 0.25) is 0 Å². The fraction of sp³-hybridized carbons (Fsp3) is 0.194. The molecule has 1 aliphatic carbocycles. The summed E-state index contributed by atoms with van der Waals surface area (Å²) < 4.78 is 5.28. The van der Waals surface area contributed by atoms with Gasteiger partial charge in [-0.2, -0.15) is 0 Å². The van der Waals surface area contributed by atoms with Crippen LogP contribution in [0.15, 0.2) is 103 Å². The third-order valence-corrected chi connectivity index (χ3v) is 6.96. The second-order valence-electron chi connectivity index (χ2n) is 8.75. The van der Waals surface area contributed by atoms with E-state index in [1.54, 1.807) is 7.11 Å². The van der Waals surface area contributed by atoms with Crippen molar-refractivity contribution in [1.29, 1.82) is 0 Å². The Morgan fingerprint density at radius 1 is 0.667 bits per heavy atom. The van der Waals surface area contributed by atoms with E-state index in [9.17, 15) is 4.79 Å². The highest BCUT2D eigenvalue weighted by Gasteiger charge is 2.44. The van der Waals surface area contributed by atoms with Crippen LogP contribution in [0.3, 0.4) is 0 Å². The minimum Gasteiger partial charge on any atom is -0.497 e. The third kappa shape index (κ3) is 3.76. The Balaban J connectivity index is 1.53. The average molecular weight is 433 g/mol. The van der Waals surface area contributed by atoms with Crippen molar-refractivity contribution >= 4 is 5.78 Å². The summed E-state index contributed by atoms with van der Waals surface area (Å²) in [6.07, 6.45) is 4.11. The van der Waals surface area contributed by atoms with Gasteiger partial charge >= 0.3 is 0 Å². The van der Waals surface area contributed by atoms with Gasteiger partial charge in [0.25, 0.3) is 0 Å². The lowest BCUT2D eigenvalue weighted by Gasteiger charge is -2.41. The Hall–Kier alpha value is -3.65. The molecule has 33 heavy (non-hydrogen) atoms. The molecule has 4 aromatic rings. The number of ketones is 1. The molecule has 0 amide bonds. The second kappa shape index (κ2) is 9.07. The summed E-state index contributed by atoms with van der Waals surface area (Å²) in [5.74, 6) is 1.02. The van der Waals surface area contributed by atoms with Crippen LogP contribution >= 0.6 is 0 Å². The van der Waals surface area contributed by atoms with E-state index in [2.05, 4.69) is 66.7 Å². The second-order valence-corrected chi connectivity index (χ2v) is 8.75. The van der Waals surface area contributed by atoms with E-state index in [0.29, 0.717) is 0 Å². The van der Waals surface area contributed by atoms with Gasteiger partial charge < -0.3 is 4.74 Å². The van der Waals surface area contributed by atoms with Crippen LogP contribution in [0.5, 0.6) is 5.75 Å². The van der Waals surface area contributed by atoms with Gasteiger partial charge in [0, 0.05) is 16.5 Å². The van der Waals surface area contributed by atoms with E-state index >= 15 is 0 Å². The normalized spacial score (nSPS) is 13.8. The maximum absolute atomic E-state index is 13.4. The molecule has 0 fully saturated rings. The number of unbranched alkanes of at least 4 members (excludes halogenated alkanes) is 1. The monoisotopic (exact) mass is 432 g/mol. The molecule has 1 aliphatic rings. The first kappa shape index (κ1) is 21.2. The highest BCUT2D eigenvalue weighted by Crippen LogP contribution is 2.49. The molecule has 2 heteroatoms. The Bertz CT molecular complexity index is 1210. The quantitative estimate of drug-likeness (QED) is 0.294. The molecule has 0 bridgehead atoms. The summed E-state index contributed by atoms with van der Waals surface area (Å²) >= 11 is 0. The molecule has 4 aromatic carbocycles. The van der Waals surface area contributed by atoms with Gasteiger partial charge in [-0.3, -0.25) is 4.79 Å². The molecule has 5 rings (SSSR count). The number of aryl methyl sites for hydroxylation is 1.